The third-order valence-corrected chi connectivity index (χ3v) is 4.95. The number of hydrogen-bond acceptors (Lipinski definition) is 5. The van der Waals surface area contributed by atoms with Gasteiger partial charge in [0.05, 0.1) is 6.04 Å². The van der Waals surface area contributed by atoms with Gasteiger partial charge < -0.3 is 25.7 Å². The van der Waals surface area contributed by atoms with Crippen molar-refractivity contribution in [1.29, 1.82) is 0 Å². The van der Waals surface area contributed by atoms with Crippen molar-refractivity contribution in [2.24, 2.45) is 0 Å². The van der Waals surface area contributed by atoms with E-state index in [4.69, 9.17) is 0 Å². The molecule has 1 aromatic carbocycles. The zero-order valence-corrected chi connectivity index (χ0v) is 15.4. The first-order chi connectivity index (χ1) is 12.1. The lowest BCUT2D eigenvalue weighted by Gasteiger charge is -2.26. The Hall–Kier alpha value is -1.99. The van der Waals surface area contributed by atoms with E-state index >= 15 is 0 Å². The van der Waals surface area contributed by atoms with Crippen LogP contribution < -0.4 is 10.6 Å². The van der Waals surface area contributed by atoms with Gasteiger partial charge in [0, 0.05) is 13.1 Å². The van der Waals surface area contributed by atoms with Crippen molar-refractivity contribution >= 4 is 24.2 Å². The van der Waals surface area contributed by atoms with Gasteiger partial charge >= 0.3 is 0 Å². The minimum atomic E-state index is -0.386. The Morgan fingerprint density at radius 3 is 2.69 bits per heavy atom. The third kappa shape index (κ3) is 4.59. The molecule has 0 spiro atoms. The summed E-state index contributed by atoms with van der Waals surface area (Å²) in [6.07, 6.45) is 3.94. The largest absolute Gasteiger partial charge is 0.504 e. The summed E-state index contributed by atoms with van der Waals surface area (Å²) in [5.74, 6) is -0.403. The van der Waals surface area contributed by atoms with E-state index in [1.54, 1.807) is 11.0 Å². The second-order valence-electron chi connectivity index (χ2n) is 6.70. The molecule has 26 heavy (non-hydrogen) atoms. The van der Waals surface area contributed by atoms with Crippen LogP contribution in [0.1, 0.15) is 31.2 Å². The summed E-state index contributed by atoms with van der Waals surface area (Å²) in [6, 6.07) is 4.09. The number of likely N-dealkylation sites (tertiary alicyclic amines) is 1. The van der Waals surface area contributed by atoms with Crippen molar-refractivity contribution in [3.63, 3.8) is 0 Å². The van der Waals surface area contributed by atoms with Gasteiger partial charge in [-0.2, -0.15) is 0 Å². The molecule has 1 aromatic rings. The molecule has 7 nitrogen and oxygen atoms in total. The van der Waals surface area contributed by atoms with Crippen LogP contribution in [0.3, 0.4) is 0 Å². The fourth-order valence-corrected chi connectivity index (χ4v) is 3.57. The van der Waals surface area contributed by atoms with Crippen LogP contribution in [0.5, 0.6) is 11.5 Å². The molecule has 0 aromatic heterocycles. The number of phenols is 2. The lowest BCUT2D eigenvalue weighted by Crippen LogP contribution is -2.51. The fourth-order valence-electron chi connectivity index (χ4n) is 3.57. The quantitative estimate of drug-likeness (QED) is 0.566. The Morgan fingerprint density at radius 1 is 1.19 bits per heavy atom. The summed E-state index contributed by atoms with van der Waals surface area (Å²) in [4.78, 5) is 26.7. The van der Waals surface area contributed by atoms with Gasteiger partial charge in [-0.25, -0.2) is 0 Å². The molecule has 2 amide bonds. The van der Waals surface area contributed by atoms with E-state index in [1.165, 1.54) is 12.1 Å². The van der Waals surface area contributed by atoms with E-state index in [0.29, 0.717) is 25.9 Å². The number of hydrogen-bond donors (Lipinski definition) is 4. The molecule has 2 saturated heterocycles. The molecule has 2 aliphatic heterocycles. The predicted octanol–water partition coefficient (Wildman–Crippen LogP) is 0.921. The molecule has 0 radical (unpaired) electrons. The normalized spacial score (nSPS) is 22.1. The monoisotopic (exact) mass is 383 g/mol. The molecule has 2 fully saturated rings. The van der Waals surface area contributed by atoms with Crippen molar-refractivity contribution in [2.45, 2.75) is 44.2 Å². The average Bonchev–Trinajstić information content (AvgIpc) is 3.28. The topological polar surface area (TPSA) is 102 Å². The van der Waals surface area contributed by atoms with Gasteiger partial charge in [0.25, 0.3) is 0 Å². The highest BCUT2D eigenvalue weighted by molar-refractivity contribution is 5.90. The highest BCUT2D eigenvalue weighted by Gasteiger charge is 2.37. The Kier molecular flexibility index (Phi) is 7.11. The number of amides is 2. The number of rotatable bonds is 5. The van der Waals surface area contributed by atoms with E-state index in [0.717, 1.165) is 31.4 Å². The Balaban J connectivity index is 0.00000243. The van der Waals surface area contributed by atoms with Crippen molar-refractivity contribution in [2.75, 3.05) is 19.6 Å². The molecule has 2 aliphatic rings. The molecule has 2 heterocycles. The standard InChI is InChI=1S/C18H25N3O4.ClH/c22-15-6-5-12(11-16(15)23)7-9-20-17(24)14-4-2-10-21(14)18(25)13-3-1-8-19-13;/h5-6,11,13-14,19,22-23H,1-4,7-10H2,(H,20,24);1H/t13-,14?;/m0./s1. The predicted molar refractivity (Wildman–Crippen MR) is 99.5 cm³/mol. The van der Waals surface area contributed by atoms with Crippen LogP contribution >= 0.6 is 12.4 Å². The lowest BCUT2D eigenvalue weighted by atomic mass is 10.1. The molecule has 3 rings (SSSR count). The molecule has 1 unspecified atom stereocenters. The number of halogens is 1. The number of phenolic OH excluding ortho intramolecular Hbond substituents is 2. The van der Waals surface area contributed by atoms with E-state index in [2.05, 4.69) is 10.6 Å². The van der Waals surface area contributed by atoms with Crippen LogP contribution in [-0.2, 0) is 16.0 Å². The smallest absolute Gasteiger partial charge is 0.242 e. The van der Waals surface area contributed by atoms with Crippen LogP contribution in [0, 0.1) is 0 Å². The zero-order chi connectivity index (χ0) is 17.8. The van der Waals surface area contributed by atoms with E-state index in [-0.39, 0.29) is 47.8 Å². The first kappa shape index (κ1) is 20.3. The molecular weight excluding hydrogens is 358 g/mol. The Bertz CT molecular complexity index is 649. The second-order valence-corrected chi connectivity index (χ2v) is 6.70. The maximum atomic E-state index is 12.6. The minimum Gasteiger partial charge on any atom is -0.504 e. The van der Waals surface area contributed by atoms with E-state index in [1.807, 2.05) is 0 Å². The molecule has 0 bridgehead atoms. The van der Waals surface area contributed by atoms with E-state index < -0.39 is 0 Å². The van der Waals surface area contributed by atoms with Gasteiger partial charge in [-0.05, 0) is 56.3 Å². The van der Waals surface area contributed by atoms with Crippen LogP contribution in [0.15, 0.2) is 18.2 Å². The molecular formula is C18H26ClN3O4. The number of aromatic hydroxyl groups is 2. The number of nitrogens with zero attached hydrogens (tertiary/aromatic N) is 1. The maximum absolute atomic E-state index is 12.6. The van der Waals surface area contributed by atoms with Crippen molar-refractivity contribution < 1.29 is 19.8 Å². The van der Waals surface area contributed by atoms with Gasteiger partial charge in [-0.15, -0.1) is 12.4 Å². The average molecular weight is 384 g/mol. The second kappa shape index (κ2) is 9.09. The summed E-state index contributed by atoms with van der Waals surface area (Å²) in [6.45, 7) is 1.92. The molecule has 0 saturated carbocycles. The van der Waals surface area contributed by atoms with Crippen molar-refractivity contribution in [1.82, 2.24) is 15.5 Å². The first-order valence-corrected chi connectivity index (χ1v) is 8.88. The molecule has 4 N–H and O–H groups in total. The zero-order valence-electron chi connectivity index (χ0n) is 14.6. The summed E-state index contributed by atoms with van der Waals surface area (Å²) < 4.78 is 0. The number of carbonyl (C=O) groups is 2. The number of carbonyl (C=O) groups excluding carboxylic acids is 2. The van der Waals surface area contributed by atoms with Crippen LogP contribution in [-0.4, -0.2) is 58.6 Å². The fraction of sp³-hybridized carbons (Fsp3) is 0.556. The summed E-state index contributed by atoms with van der Waals surface area (Å²) >= 11 is 0. The molecule has 8 heteroatoms. The minimum absolute atomic E-state index is 0. The summed E-state index contributed by atoms with van der Waals surface area (Å²) in [5, 5.41) is 24.9. The van der Waals surface area contributed by atoms with Gasteiger partial charge in [-0.3, -0.25) is 9.59 Å². The van der Waals surface area contributed by atoms with Crippen molar-refractivity contribution in [3.05, 3.63) is 23.8 Å². The summed E-state index contributed by atoms with van der Waals surface area (Å²) in [5.41, 5.74) is 0.824. The maximum Gasteiger partial charge on any atom is 0.242 e. The summed E-state index contributed by atoms with van der Waals surface area (Å²) in [7, 11) is 0. The third-order valence-electron chi connectivity index (χ3n) is 4.95. The number of nitrogens with one attached hydrogen (secondary N) is 2. The van der Waals surface area contributed by atoms with E-state index in [9.17, 15) is 19.8 Å². The highest BCUT2D eigenvalue weighted by Crippen LogP contribution is 2.25. The van der Waals surface area contributed by atoms with Crippen LogP contribution in [0.25, 0.3) is 0 Å². The Morgan fingerprint density at radius 2 is 2.00 bits per heavy atom. The molecule has 144 valence electrons. The molecule has 0 aliphatic carbocycles. The van der Waals surface area contributed by atoms with Gasteiger partial charge in [0.2, 0.25) is 11.8 Å². The van der Waals surface area contributed by atoms with Crippen molar-refractivity contribution in [3.8, 4) is 11.5 Å². The molecule has 2 atom stereocenters. The number of benzene rings is 1. The van der Waals surface area contributed by atoms with Crippen LogP contribution in [0.4, 0.5) is 0 Å². The highest BCUT2D eigenvalue weighted by atomic mass is 35.5. The van der Waals surface area contributed by atoms with Crippen LogP contribution in [0.2, 0.25) is 0 Å². The van der Waals surface area contributed by atoms with Gasteiger partial charge in [0.1, 0.15) is 6.04 Å². The van der Waals surface area contributed by atoms with Gasteiger partial charge in [0.15, 0.2) is 11.5 Å². The first-order valence-electron chi connectivity index (χ1n) is 8.88. The van der Waals surface area contributed by atoms with Gasteiger partial charge in [-0.1, -0.05) is 6.07 Å². The lowest BCUT2D eigenvalue weighted by molar-refractivity contribution is -0.139. The SMILES string of the molecule is Cl.O=C(NCCc1ccc(O)c(O)c1)C1CCCN1C(=O)[C@@H]1CCCN1. The Labute approximate surface area is 159 Å².